The Morgan fingerprint density at radius 3 is 2.59 bits per heavy atom. The first-order chi connectivity index (χ1) is 8.31. The largest absolute Gasteiger partial charge is 0.468 e. The maximum Gasteiger partial charge on any atom is 0.164 e. The van der Waals surface area contributed by atoms with E-state index in [1.165, 1.54) is 0 Å². The fourth-order valence-corrected chi connectivity index (χ4v) is 1.66. The molecule has 1 aromatic carbocycles. The Labute approximate surface area is 100 Å². The molecule has 1 unspecified atom stereocenters. The smallest absolute Gasteiger partial charge is 0.164 e. The third-order valence-electron chi connectivity index (χ3n) is 2.57. The molecule has 2 nitrogen and oxygen atoms in total. The van der Waals surface area contributed by atoms with Gasteiger partial charge in [0.05, 0.1) is 12.2 Å². The number of carbonyl (C=O) groups is 1. The molecular formula is C15H12O2. The monoisotopic (exact) mass is 224 g/mol. The number of furan rings is 1. The molecule has 0 saturated carbocycles. The van der Waals surface area contributed by atoms with Crippen molar-refractivity contribution in [3.63, 3.8) is 0 Å². The second-order valence-corrected chi connectivity index (χ2v) is 3.73. The summed E-state index contributed by atoms with van der Waals surface area (Å²) >= 11 is 0. The van der Waals surface area contributed by atoms with Crippen LogP contribution in [0.1, 0.15) is 28.5 Å². The van der Waals surface area contributed by atoms with Crippen molar-refractivity contribution in [1.29, 1.82) is 0 Å². The fourth-order valence-electron chi connectivity index (χ4n) is 1.66. The lowest BCUT2D eigenvalue weighted by Gasteiger charge is -2.06. The number of benzene rings is 1. The fraction of sp³-hybridized carbons (Fsp3) is 0.133. The van der Waals surface area contributed by atoms with E-state index in [2.05, 4.69) is 5.92 Å². The lowest BCUT2D eigenvalue weighted by molar-refractivity contribution is 0.0977. The van der Waals surface area contributed by atoms with Crippen LogP contribution in [-0.4, -0.2) is 5.78 Å². The molecule has 0 saturated heterocycles. The van der Waals surface area contributed by atoms with Gasteiger partial charge in [-0.25, -0.2) is 0 Å². The predicted octanol–water partition coefficient (Wildman–Crippen LogP) is 3.27. The van der Waals surface area contributed by atoms with Crippen LogP contribution in [0.25, 0.3) is 0 Å². The molecule has 0 fully saturated rings. The van der Waals surface area contributed by atoms with Crippen LogP contribution in [0, 0.1) is 12.3 Å². The molecule has 1 aromatic heterocycles. The van der Waals surface area contributed by atoms with Crippen LogP contribution in [0.2, 0.25) is 0 Å². The minimum Gasteiger partial charge on any atom is -0.468 e. The lowest BCUT2D eigenvalue weighted by atomic mass is 9.97. The number of terminal acetylenes is 1. The molecule has 0 bridgehead atoms. The van der Waals surface area contributed by atoms with Gasteiger partial charge in [-0.3, -0.25) is 4.79 Å². The van der Waals surface area contributed by atoms with Gasteiger partial charge in [0, 0.05) is 12.0 Å². The normalized spacial score (nSPS) is 11.7. The Morgan fingerprint density at radius 2 is 2.00 bits per heavy atom. The minimum absolute atomic E-state index is 0.0324. The van der Waals surface area contributed by atoms with E-state index in [0.29, 0.717) is 11.3 Å². The number of rotatable bonds is 4. The van der Waals surface area contributed by atoms with Crippen molar-refractivity contribution in [3.05, 3.63) is 60.1 Å². The van der Waals surface area contributed by atoms with E-state index in [1.54, 1.807) is 30.5 Å². The third-order valence-corrected chi connectivity index (χ3v) is 2.57. The summed E-state index contributed by atoms with van der Waals surface area (Å²) in [6, 6.07) is 12.7. The Balaban J connectivity index is 2.11. The van der Waals surface area contributed by atoms with Gasteiger partial charge in [0.15, 0.2) is 5.78 Å². The average Bonchev–Trinajstić information content (AvgIpc) is 2.90. The quantitative estimate of drug-likeness (QED) is 0.589. The molecule has 0 aliphatic heterocycles. The molecule has 1 atom stereocenters. The van der Waals surface area contributed by atoms with E-state index in [0.717, 1.165) is 0 Å². The molecule has 17 heavy (non-hydrogen) atoms. The zero-order chi connectivity index (χ0) is 12.1. The van der Waals surface area contributed by atoms with Crippen molar-refractivity contribution < 1.29 is 9.21 Å². The highest BCUT2D eigenvalue weighted by Gasteiger charge is 2.16. The molecule has 0 spiro atoms. The van der Waals surface area contributed by atoms with E-state index in [-0.39, 0.29) is 18.1 Å². The number of carbonyl (C=O) groups excluding carboxylic acids is 1. The van der Waals surface area contributed by atoms with E-state index in [9.17, 15) is 4.79 Å². The van der Waals surface area contributed by atoms with Crippen LogP contribution in [0.15, 0.2) is 53.1 Å². The van der Waals surface area contributed by atoms with Crippen molar-refractivity contribution in [2.24, 2.45) is 0 Å². The van der Waals surface area contributed by atoms with E-state index >= 15 is 0 Å². The van der Waals surface area contributed by atoms with E-state index < -0.39 is 0 Å². The SMILES string of the molecule is C#CC(CC(=O)c1ccccc1)c1ccco1. The number of ketones is 1. The maximum absolute atomic E-state index is 12.0. The Kier molecular flexibility index (Phi) is 3.42. The third kappa shape index (κ3) is 2.64. The summed E-state index contributed by atoms with van der Waals surface area (Å²) in [4.78, 5) is 12.0. The van der Waals surface area contributed by atoms with Gasteiger partial charge in [0.25, 0.3) is 0 Å². The zero-order valence-corrected chi connectivity index (χ0v) is 9.30. The summed E-state index contributed by atoms with van der Waals surface area (Å²) in [6.45, 7) is 0. The first kappa shape index (κ1) is 11.2. The lowest BCUT2D eigenvalue weighted by Crippen LogP contribution is -2.05. The second-order valence-electron chi connectivity index (χ2n) is 3.73. The molecule has 2 heteroatoms. The standard InChI is InChI=1S/C15H12O2/c1-2-12(15-9-6-10-17-15)11-14(16)13-7-4-3-5-8-13/h1,3-10,12H,11H2. The van der Waals surface area contributed by atoms with Gasteiger partial charge in [0.2, 0.25) is 0 Å². The first-order valence-corrected chi connectivity index (χ1v) is 5.39. The van der Waals surface area contributed by atoms with Crippen LogP contribution in [0.3, 0.4) is 0 Å². The van der Waals surface area contributed by atoms with Gasteiger partial charge in [0.1, 0.15) is 5.76 Å². The molecule has 2 rings (SSSR count). The van der Waals surface area contributed by atoms with Gasteiger partial charge >= 0.3 is 0 Å². The van der Waals surface area contributed by atoms with Crippen molar-refractivity contribution >= 4 is 5.78 Å². The summed E-state index contributed by atoms with van der Waals surface area (Å²) in [6.07, 6.45) is 7.26. The number of Topliss-reactive ketones (excluding diaryl/α,β-unsaturated/α-hetero) is 1. The summed E-state index contributed by atoms with van der Waals surface area (Å²) in [5.74, 6) is 2.99. The van der Waals surface area contributed by atoms with Gasteiger partial charge in [-0.05, 0) is 12.1 Å². The molecule has 0 aliphatic rings. The van der Waals surface area contributed by atoms with E-state index in [1.807, 2.05) is 18.2 Å². The van der Waals surface area contributed by atoms with Crippen molar-refractivity contribution in [3.8, 4) is 12.3 Å². The molecule has 1 heterocycles. The molecule has 0 N–H and O–H groups in total. The molecule has 2 aromatic rings. The van der Waals surface area contributed by atoms with Gasteiger partial charge < -0.3 is 4.42 Å². The molecule has 0 radical (unpaired) electrons. The highest BCUT2D eigenvalue weighted by Crippen LogP contribution is 2.21. The Hall–Kier alpha value is -2.27. The van der Waals surface area contributed by atoms with Crippen molar-refractivity contribution in [2.45, 2.75) is 12.3 Å². The summed E-state index contributed by atoms with van der Waals surface area (Å²) < 4.78 is 5.23. The average molecular weight is 224 g/mol. The highest BCUT2D eigenvalue weighted by atomic mass is 16.3. The topological polar surface area (TPSA) is 30.2 Å². The second kappa shape index (κ2) is 5.18. The molecule has 0 aliphatic carbocycles. The summed E-state index contributed by atoms with van der Waals surface area (Å²) in [5.41, 5.74) is 0.680. The molecular weight excluding hydrogens is 212 g/mol. The van der Waals surface area contributed by atoms with Crippen LogP contribution in [0.5, 0.6) is 0 Å². The van der Waals surface area contributed by atoms with Gasteiger partial charge in [-0.2, -0.15) is 0 Å². The first-order valence-electron chi connectivity index (χ1n) is 5.39. The summed E-state index contributed by atoms with van der Waals surface area (Å²) in [5, 5.41) is 0. The number of hydrogen-bond donors (Lipinski definition) is 0. The Morgan fingerprint density at radius 1 is 1.24 bits per heavy atom. The van der Waals surface area contributed by atoms with Crippen molar-refractivity contribution in [2.75, 3.05) is 0 Å². The van der Waals surface area contributed by atoms with Crippen LogP contribution in [-0.2, 0) is 0 Å². The predicted molar refractivity (Wildman–Crippen MR) is 65.7 cm³/mol. The molecule has 84 valence electrons. The van der Waals surface area contributed by atoms with Crippen molar-refractivity contribution in [1.82, 2.24) is 0 Å². The van der Waals surface area contributed by atoms with Gasteiger partial charge in [-0.1, -0.05) is 36.3 Å². The molecule has 0 amide bonds. The summed E-state index contributed by atoms with van der Waals surface area (Å²) in [7, 11) is 0. The van der Waals surface area contributed by atoms with Crippen LogP contribution < -0.4 is 0 Å². The minimum atomic E-state index is -0.294. The van der Waals surface area contributed by atoms with Crippen LogP contribution in [0.4, 0.5) is 0 Å². The zero-order valence-electron chi connectivity index (χ0n) is 9.30. The highest BCUT2D eigenvalue weighted by molar-refractivity contribution is 5.96. The van der Waals surface area contributed by atoms with Gasteiger partial charge in [-0.15, -0.1) is 6.42 Å². The maximum atomic E-state index is 12.0. The number of hydrogen-bond acceptors (Lipinski definition) is 2. The Bertz CT molecular complexity index is 518. The van der Waals surface area contributed by atoms with E-state index in [4.69, 9.17) is 10.8 Å². The van der Waals surface area contributed by atoms with Crippen LogP contribution >= 0.6 is 0 Å².